The molecule has 0 aliphatic carbocycles. The molecule has 1 atom stereocenters. The maximum Gasteiger partial charge on any atom is 0.233 e. The maximum atomic E-state index is 12.7. The molecule has 1 aliphatic rings. The summed E-state index contributed by atoms with van der Waals surface area (Å²) in [5.41, 5.74) is 3.09. The third-order valence-corrected chi connectivity index (χ3v) is 5.53. The van der Waals surface area contributed by atoms with Crippen molar-refractivity contribution in [3.05, 3.63) is 35.4 Å². The summed E-state index contributed by atoms with van der Waals surface area (Å²) in [4.78, 5) is 22.4. The normalized spacial score (nSPS) is 16.7. The number of hydrogen-bond acceptors (Lipinski definition) is 6. The number of carbonyl (C=O) groups is 1. The number of fused-ring (bicyclic) bond motifs is 2. The molecule has 0 bridgehead atoms. The number of thioether (sulfide) groups is 1. The number of aryl methyl sites for hydroxylation is 1. The van der Waals surface area contributed by atoms with Crippen LogP contribution in [-0.4, -0.2) is 54.9 Å². The molecular weight excluding hydrogens is 364 g/mol. The van der Waals surface area contributed by atoms with Crippen LogP contribution in [0, 0.1) is 6.92 Å². The number of hydrogen-bond donors (Lipinski definition) is 1. The molecule has 0 saturated carbocycles. The van der Waals surface area contributed by atoms with Crippen molar-refractivity contribution in [3.63, 3.8) is 0 Å². The summed E-state index contributed by atoms with van der Waals surface area (Å²) in [6.45, 7) is 5.65. The van der Waals surface area contributed by atoms with Gasteiger partial charge >= 0.3 is 0 Å². The molecule has 0 fully saturated rings. The van der Waals surface area contributed by atoms with Crippen LogP contribution in [0.25, 0.3) is 11.0 Å². The van der Waals surface area contributed by atoms with Gasteiger partial charge in [-0.15, -0.1) is 10.2 Å². The topological polar surface area (TPSA) is 88.9 Å². The Morgan fingerprint density at radius 3 is 3.07 bits per heavy atom. The van der Waals surface area contributed by atoms with Crippen LogP contribution in [0.4, 0.5) is 0 Å². The van der Waals surface area contributed by atoms with Gasteiger partial charge in [-0.2, -0.15) is 0 Å². The monoisotopic (exact) mass is 386 g/mol. The highest BCUT2D eigenvalue weighted by Gasteiger charge is 2.29. The van der Waals surface area contributed by atoms with Crippen molar-refractivity contribution in [2.24, 2.45) is 0 Å². The highest BCUT2D eigenvalue weighted by atomic mass is 32.2. The van der Waals surface area contributed by atoms with Crippen LogP contribution >= 0.6 is 11.8 Å². The quantitative estimate of drug-likeness (QED) is 0.677. The zero-order valence-corrected chi connectivity index (χ0v) is 16.4. The van der Waals surface area contributed by atoms with Gasteiger partial charge in [-0.1, -0.05) is 17.8 Å². The van der Waals surface area contributed by atoms with Gasteiger partial charge < -0.3 is 19.2 Å². The molecule has 1 aliphatic heterocycles. The van der Waals surface area contributed by atoms with E-state index < -0.39 is 0 Å². The Kier molecular flexibility index (Phi) is 4.88. The van der Waals surface area contributed by atoms with E-state index in [0.29, 0.717) is 25.4 Å². The van der Waals surface area contributed by atoms with Crippen molar-refractivity contribution in [3.8, 4) is 0 Å². The first-order valence-electron chi connectivity index (χ1n) is 8.83. The lowest BCUT2D eigenvalue weighted by molar-refractivity contribution is -0.130. The minimum Gasteiger partial charge on any atom is -0.377 e. The minimum atomic E-state index is 0.0750. The van der Waals surface area contributed by atoms with Gasteiger partial charge in [-0.05, 0) is 31.5 Å². The molecule has 142 valence electrons. The highest BCUT2D eigenvalue weighted by Crippen LogP contribution is 2.24. The first-order valence-corrected chi connectivity index (χ1v) is 9.82. The van der Waals surface area contributed by atoms with Gasteiger partial charge in [0, 0.05) is 13.7 Å². The Balaban J connectivity index is 1.42. The predicted octanol–water partition coefficient (Wildman–Crippen LogP) is 2.30. The molecule has 4 rings (SSSR count). The highest BCUT2D eigenvalue weighted by molar-refractivity contribution is 7.99. The van der Waals surface area contributed by atoms with Crippen LogP contribution in [0.1, 0.15) is 30.2 Å². The number of imidazole rings is 1. The Labute approximate surface area is 161 Å². The molecule has 9 heteroatoms. The van der Waals surface area contributed by atoms with Gasteiger partial charge in [0.25, 0.3) is 0 Å². The SMILES string of the molecule is COCc1nnc2n1[C@@H](C)CN(C(=O)CSc1nc3ccc(C)cc3[nH]1)C2. The van der Waals surface area contributed by atoms with E-state index in [1.165, 1.54) is 17.3 Å². The molecule has 3 heterocycles. The van der Waals surface area contributed by atoms with E-state index in [4.69, 9.17) is 4.74 Å². The predicted molar refractivity (Wildman–Crippen MR) is 102 cm³/mol. The lowest BCUT2D eigenvalue weighted by Crippen LogP contribution is -2.41. The summed E-state index contributed by atoms with van der Waals surface area (Å²) in [6, 6.07) is 6.21. The first kappa shape index (κ1) is 18.0. The second kappa shape index (κ2) is 7.32. The number of benzene rings is 1. The molecule has 1 aromatic carbocycles. The summed E-state index contributed by atoms with van der Waals surface area (Å²) < 4.78 is 7.25. The van der Waals surface area contributed by atoms with E-state index in [1.54, 1.807) is 7.11 Å². The van der Waals surface area contributed by atoms with Crippen molar-refractivity contribution >= 4 is 28.7 Å². The fraction of sp³-hybridized carbons (Fsp3) is 0.444. The van der Waals surface area contributed by atoms with Gasteiger partial charge in [-0.3, -0.25) is 4.79 Å². The van der Waals surface area contributed by atoms with E-state index in [0.717, 1.165) is 27.8 Å². The second-order valence-corrected chi connectivity index (χ2v) is 7.77. The van der Waals surface area contributed by atoms with Gasteiger partial charge in [0.15, 0.2) is 16.8 Å². The summed E-state index contributed by atoms with van der Waals surface area (Å²) >= 11 is 1.43. The van der Waals surface area contributed by atoms with E-state index in [1.807, 2.05) is 24.0 Å². The standard InChI is InChI=1S/C18H22N6O2S/c1-11-4-5-13-14(6-11)20-18(19-13)27-10-17(25)23-7-12(2)24-15(8-23)21-22-16(24)9-26-3/h4-6,12H,7-10H2,1-3H3,(H,19,20)/t12-/m0/s1. The first-order chi connectivity index (χ1) is 13.0. The molecule has 0 unspecified atom stereocenters. The van der Waals surface area contributed by atoms with Gasteiger partial charge in [-0.25, -0.2) is 4.98 Å². The third-order valence-electron chi connectivity index (χ3n) is 4.67. The summed E-state index contributed by atoms with van der Waals surface area (Å²) in [7, 11) is 1.64. The van der Waals surface area contributed by atoms with Crippen molar-refractivity contribution in [1.29, 1.82) is 0 Å². The maximum absolute atomic E-state index is 12.7. The fourth-order valence-electron chi connectivity index (χ4n) is 3.42. The fourth-order valence-corrected chi connectivity index (χ4v) is 4.21. The third kappa shape index (κ3) is 3.57. The van der Waals surface area contributed by atoms with E-state index in [9.17, 15) is 4.79 Å². The molecule has 8 nitrogen and oxygen atoms in total. The number of aromatic nitrogens is 5. The van der Waals surface area contributed by atoms with Crippen molar-refractivity contribution in [1.82, 2.24) is 29.6 Å². The van der Waals surface area contributed by atoms with E-state index in [-0.39, 0.29) is 11.9 Å². The number of carbonyl (C=O) groups excluding carboxylic acids is 1. The van der Waals surface area contributed by atoms with E-state index >= 15 is 0 Å². The number of aromatic amines is 1. The second-order valence-electron chi connectivity index (χ2n) is 6.81. The molecule has 3 aromatic rings. The number of ether oxygens (including phenoxy) is 1. The molecular formula is C18H22N6O2S. The Hall–Kier alpha value is -2.39. The summed E-state index contributed by atoms with van der Waals surface area (Å²) in [5.74, 6) is 2.02. The van der Waals surface area contributed by atoms with E-state index in [2.05, 4.69) is 37.7 Å². The van der Waals surface area contributed by atoms with Crippen LogP contribution in [0.3, 0.4) is 0 Å². The number of rotatable bonds is 5. The Morgan fingerprint density at radius 1 is 1.41 bits per heavy atom. The molecule has 0 radical (unpaired) electrons. The molecule has 1 N–H and O–H groups in total. The van der Waals surface area contributed by atoms with Crippen molar-refractivity contribution in [2.75, 3.05) is 19.4 Å². The number of amides is 1. The number of H-pyrrole nitrogens is 1. The molecule has 27 heavy (non-hydrogen) atoms. The van der Waals surface area contributed by atoms with Crippen LogP contribution in [0.15, 0.2) is 23.4 Å². The Morgan fingerprint density at radius 2 is 2.26 bits per heavy atom. The largest absolute Gasteiger partial charge is 0.377 e. The van der Waals surface area contributed by atoms with Crippen LogP contribution < -0.4 is 0 Å². The summed E-state index contributed by atoms with van der Waals surface area (Å²) in [5, 5.41) is 9.18. The summed E-state index contributed by atoms with van der Waals surface area (Å²) in [6.07, 6.45) is 0. The number of methoxy groups -OCH3 is 1. The van der Waals surface area contributed by atoms with Gasteiger partial charge in [0.05, 0.1) is 29.4 Å². The molecule has 0 saturated heterocycles. The zero-order valence-electron chi connectivity index (χ0n) is 15.6. The van der Waals surface area contributed by atoms with Gasteiger partial charge in [0.2, 0.25) is 5.91 Å². The minimum absolute atomic E-state index is 0.0750. The lowest BCUT2D eigenvalue weighted by Gasteiger charge is -2.32. The average Bonchev–Trinajstić information content (AvgIpc) is 3.23. The molecule has 1 amide bonds. The number of nitrogens with one attached hydrogen (secondary N) is 1. The van der Waals surface area contributed by atoms with Crippen molar-refractivity contribution in [2.45, 2.75) is 38.2 Å². The molecule has 0 spiro atoms. The van der Waals surface area contributed by atoms with Gasteiger partial charge in [0.1, 0.15) is 6.61 Å². The average molecular weight is 386 g/mol. The van der Waals surface area contributed by atoms with Crippen LogP contribution in [0.2, 0.25) is 0 Å². The smallest absolute Gasteiger partial charge is 0.233 e. The van der Waals surface area contributed by atoms with Crippen LogP contribution in [0.5, 0.6) is 0 Å². The molecule has 2 aromatic heterocycles. The Bertz CT molecular complexity index is 982. The van der Waals surface area contributed by atoms with Crippen molar-refractivity contribution < 1.29 is 9.53 Å². The van der Waals surface area contributed by atoms with Crippen LogP contribution in [-0.2, 0) is 22.7 Å². The lowest BCUT2D eigenvalue weighted by atomic mass is 10.2. The number of nitrogens with zero attached hydrogens (tertiary/aromatic N) is 5. The zero-order chi connectivity index (χ0) is 19.0.